The number of aryl methyl sites for hydroxylation is 1. The van der Waals surface area contributed by atoms with Gasteiger partial charge in [0.25, 0.3) is 10.1 Å². The summed E-state index contributed by atoms with van der Waals surface area (Å²) in [4.78, 5) is 27.8. The largest absolute Gasteiger partial charge is 0.487 e. The third-order valence-corrected chi connectivity index (χ3v) is 7.33. The smallest absolute Gasteiger partial charge is 0.343 e. The van der Waals surface area contributed by atoms with Crippen molar-refractivity contribution in [3.63, 3.8) is 0 Å². The number of hydrogen-bond donors (Lipinski definition) is 1. The van der Waals surface area contributed by atoms with Gasteiger partial charge in [-0.05, 0) is 18.6 Å². The van der Waals surface area contributed by atoms with Crippen molar-refractivity contribution in [2.24, 2.45) is 0 Å². The van der Waals surface area contributed by atoms with Crippen molar-refractivity contribution in [1.29, 1.82) is 0 Å². The van der Waals surface area contributed by atoms with Gasteiger partial charge in [-0.15, -0.1) is 0 Å². The number of pyridine rings is 1. The maximum Gasteiger partial charge on any atom is 0.343 e. The molecule has 0 saturated carbocycles. The average molecular weight is 547 g/mol. The van der Waals surface area contributed by atoms with Crippen molar-refractivity contribution in [2.45, 2.75) is 38.1 Å². The third-order valence-electron chi connectivity index (χ3n) is 6.79. The van der Waals surface area contributed by atoms with Gasteiger partial charge in [-0.25, -0.2) is 9.18 Å². The lowest BCUT2D eigenvalue weighted by atomic mass is 10.0. The van der Waals surface area contributed by atoms with Gasteiger partial charge in [0.2, 0.25) is 5.43 Å². The third kappa shape index (κ3) is 4.86. The highest BCUT2D eigenvalue weighted by Crippen LogP contribution is 2.46. The van der Waals surface area contributed by atoms with Gasteiger partial charge in [0.1, 0.15) is 30.1 Å². The van der Waals surface area contributed by atoms with E-state index in [9.17, 15) is 23.1 Å². The molecule has 0 bridgehead atoms. The molecule has 2 aromatic carbocycles. The highest BCUT2D eigenvalue weighted by atomic mass is 32.2. The van der Waals surface area contributed by atoms with Crippen LogP contribution in [0.5, 0.6) is 5.75 Å². The van der Waals surface area contributed by atoms with Crippen LogP contribution < -0.4 is 15.1 Å². The van der Waals surface area contributed by atoms with Crippen LogP contribution in [0.4, 0.5) is 10.1 Å². The lowest BCUT2D eigenvalue weighted by Gasteiger charge is -2.34. The minimum Gasteiger partial charge on any atom is -0.487 e. The fraction of sp³-hybridized carbons (Fsp3) is 0.385. The number of carbonyl (C=O) groups excluding carboxylic acids is 1. The molecule has 202 valence electrons. The van der Waals surface area contributed by atoms with Gasteiger partial charge in [0, 0.05) is 25.7 Å². The van der Waals surface area contributed by atoms with Crippen molar-refractivity contribution < 1.29 is 36.4 Å². The van der Waals surface area contributed by atoms with Crippen LogP contribution in [-0.4, -0.2) is 61.7 Å². The van der Waals surface area contributed by atoms with Crippen molar-refractivity contribution >= 4 is 32.7 Å². The summed E-state index contributed by atoms with van der Waals surface area (Å²) < 4.78 is 56.2. The minimum absolute atomic E-state index is 0.0206. The van der Waals surface area contributed by atoms with Crippen molar-refractivity contribution in [1.82, 2.24) is 4.57 Å². The summed E-state index contributed by atoms with van der Waals surface area (Å²) in [6.07, 6.45) is 2.37. The number of aliphatic hydroxyl groups is 1. The van der Waals surface area contributed by atoms with Gasteiger partial charge >= 0.3 is 5.97 Å². The first-order valence-electron chi connectivity index (χ1n) is 12.1. The fourth-order valence-electron chi connectivity index (χ4n) is 5.06. The predicted molar refractivity (Wildman–Crippen MR) is 136 cm³/mol. The minimum atomic E-state index is -3.78. The molecule has 38 heavy (non-hydrogen) atoms. The Labute approximate surface area is 218 Å². The molecule has 1 N–H and O–H groups in total. The second kappa shape index (κ2) is 9.68. The SMILES string of the molecule is CCn1cc(C(=O)OCc2ccccc2)c(=O)c2cc(F)c3c(c21)OC[C@@H]1C[C@@](O)(COS(C)(=O)=O)CN31. The van der Waals surface area contributed by atoms with Crippen LogP contribution in [0.25, 0.3) is 10.9 Å². The molecule has 0 amide bonds. The van der Waals surface area contributed by atoms with Gasteiger partial charge in [-0.1, -0.05) is 30.3 Å². The van der Waals surface area contributed by atoms with E-state index in [0.717, 1.165) is 17.9 Å². The summed E-state index contributed by atoms with van der Waals surface area (Å²) >= 11 is 0. The number of rotatable bonds is 7. The Morgan fingerprint density at radius 2 is 2.03 bits per heavy atom. The molecule has 1 saturated heterocycles. The van der Waals surface area contributed by atoms with E-state index >= 15 is 4.39 Å². The quantitative estimate of drug-likeness (QED) is 0.351. The van der Waals surface area contributed by atoms with Crippen LogP contribution in [0.3, 0.4) is 0 Å². The summed E-state index contributed by atoms with van der Waals surface area (Å²) in [6, 6.07) is 9.65. The zero-order chi connectivity index (χ0) is 27.2. The molecule has 0 spiro atoms. The van der Waals surface area contributed by atoms with Crippen LogP contribution in [-0.2, 0) is 32.2 Å². The van der Waals surface area contributed by atoms with Crippen molar-refractivity contribution in [3.05, 3.63) is 69.8 Å². The lowest BCUT2D eigenvalue weighted by Crippen LogP contribution is -2.41. The summed E-state index contributed by atoms with van der Waals surface area (Å²) in [5.74, 6) is -1.47. The molecule has 12 heteroatoms. The van der Waals surface area contributed by atoms with Gasteiger partial charge in [-0.2, -0.15) is 8.42 Å². The number of esters is 1. The van der Waals surface area contributed by atoms with Gasteiger partial charge in [-0.3, -0.25) is 8.98 Å². The van der Waals surface area contributed by atoms with Gasteiger partial charge in [0.05, 0.1) is 29.8 Å². The standard InChI is InChI=1S/C26H27FN2O8S/c1-3-28-11-19(25(31)36-12-16-7-5-4-6-8-16)23(30)18-9-20(27)22-24(21(18)28)35-13-17-10-26(32,14-29(17)22)15-37-38(2,33)34/h4-9,11,17,32H,3,10,12-15H2,1-2H3/t17-,26-/m0/s1. The second-order valence-corrected chi connectivity index (χ2v) is 11.3. The second-order valence-electron chi connectivity index (χ2n) is 9.64. The lowest BCUT2D eigenvalue weighted by molar-refractivity contribution is 0.0133. The summed E-state index contributed by atoms with van der Waals surface area (Å²) in [5.41, 5.74) is -1.32. The average Bonchev–Trinajstić information content (AvgIpc) is 3.23. The molecule has 3 heterocycles. The molecular weight excluding hydrogens is 519 g/mol. The highest BCUT2D eigenvalue weighted by Gasteiger charge is 2.48. The van der Waals surface area contributed by atoms with Crippen LogP contribution in [0.15, 0.2) is 47.4 Å². The zero-order valence-electron chi connectivity index (χ0n) is 20.8. The summed E-state index contributed by atoms with van der Waals surface area (Å²) in [5, 5.41) is 10.9. The van der Waals surface area contributed by atoms with E-state index < -0.39 is 45.6 Å². The van der Waals surface area contributed by atoms with Gasteiger partial charge in [0.15, 0.2) is 11.6 Å². The van der Waals surface area contributed by atoms with Crippen molar-refractivity contribution in [3.8, 4) is 5.75 Å². The number of halogens is 1. The number of aromatic nitrogens is 1. The van der Waals surface area contributed by atoms with Crippen molar-refractivity contribution in [2.75, 3.05) is 30.9 Å². The van der Waals surface area contributed by atoms with Crippen LogP contribution >= 0.6 is 0 Å². The number of hydrogen-bond acceptors (Lipinski definition) is 9. The molecule has 0 unspecified atom stereocenters. The molecule has 2 atom stereocenters. The molecule has 0 aliphatic carbocycles. The van der Waals surface area contributed by atoms with E-state index in [-0.39, 0.29) is 48.6 Å². The maximum absolute atomic E-state index is 15.6. The van der Waals surface area contributed by atoms with Gasteiger partial charge < -0.3 is 24.0 Å². The van der Waals surface area contributed by atoms with Crippen LogP contribution in [0, 0.1) is 5.82 Å². The van der Waals surface area contributed by atoms with Crippen LogP contribution in [0.2, 0.25) is 0 Å². The predicted octanol–water partition coefficient (Wildman–Crippen LogP) is 2.20. The number of nitrogens with zero attached hydrogens (tertiary/aromatic N) is 2. The normalized spacial score (nSPS) is 20.6. The molecule has 1 aromatic heterocycles. The molecule has 1 fully saturated rings. The number of ether oxygens (including phenoxy) is 2. The maximum atomic E-state index is 15.6. The molecule has 5 rings (SSSR count). The van der Waals surface area contributed by atoms with E-state index in [0.29, 0.717) is 12.1 Å². The Balaban J connectivity index is 1.52. The molecular formula is C26H27FN2O8S. The summed E-state index contributed by atoms with van der Waals surface area (Å²) in [7, 11) is -3.78. The first-order valence-corrected chi connectivity index (χ1v) is 13.9. The number of carbonyl (C=O) groups is 1. The molecule has 2 aliphatic rings. The molecule has 2 aliphatic heterocycles. The summed E-state index contributed by atoms with van der Waals surface area (Å²) in [6.45, 7) is 1.64. The van der Waals surface area contributed by atoms with E-state index in [1.165, 1.54) is 6.20 Å². The highest BCUT2D eigenvalue weighted by molar-refractivity contribution is 7.85. The van der Waals surface area contributed by atoms with E-state index in [2.05, 4.69) is 0 Å². The zero-order valence-corrected chi connectivity index (χ0v) is 21.7. The monoisotopic (exact) mass is 546 g/mol. The number of benzene rings is 2. The Kier molecular flexibility index (Phi) is 6.66. The number of anilines is 1. The Morgan fingerprint density at radius 3 is 2.71 bits per heavy atom. The Bertz CT molecular complexity index is 1570. The first-order chi connectivity index (χ1) is 18.0. The Morgan fingerprint density at radius 1 is 1.29 bits per heavy atom. The van der Waals surface area contributed by atoms with Crippen LogP contribution in [0.1, 0.15) is 29.3 Å². The molecule has 0 radical (unpaired) electrons. The van der Waals surface area contributed by atoms with E-state index in [1.54, 1.807) is 33.7 Å². The van der Waals surface area contributed by atoms with E-state index in [4.69, 9.17) is 13.7 Å². The number of fused-ring (bicyclic) bond motifs is 5. The molecule has 3 aromatic rings. The fourth-order valence-corrected chi connectivity index (χ4v) is 5.49. The molecule has 10 nitrogen and oxygen atoms in total. The Hall–Kier alpha value is -3.48. The topological polar surface area (TPSA) is 124 Å². The van der Waals surface area contributed by atoms with E-state index in [1.807, 2.05) is 13.0 Å². The first kappa shape index (κ1) is 26.1.